The molecule has 3 rings (SSSR count). The van der Waals surface area contributed by atoms with Gasteiger partial charge in [0.15, 0.2) is 11.5 Å². The van der Waals surface area contributed by atoms with E-state index < -0.39 is 24.2 Å². The third-order valence-electron chi connectivity index (χ3n) is 3.93. The summed E-state index contributed by atoms with van der Waals surface area (Å²) in [5, 5.41) is 29.2. The van der Waals surface area contributed by atoms with Crippen LogP contribution in [0.2, 0.25) is 0 Å². The lowest BCUT2D eigenvalue weighted by molar-refractivity contribution is -0.135. The van der Waals surface area contributed by atoms with Crippen LogP contribution in [0.4, 0.5) is 5.82 Å². The number of nitrogen functional groups attached to an aromatic ring is 1. The zero-order chi connectivity index (χ0) is 16.6. The van der Waals surface area contributed by atoms with E-state index in [1.54, 1.807) is 0 Å². The van der Waals surface area contributed by atoms with Crippen molar-refractivity contribution in [1.29, 1.82) is 0 Å². The molecule has 0 spiro atoms. The highest BCUT2D eigenvalue weighted by atomic mass is 16.6. The lowest BCUT2D eigenvalue weighted by Crippen LogP contribution is -2.52. The van der Waals surface area contributed by atoms with Gasteiger partial charge in [0.25, 0.3) is 0 Å². The number of aliphatic hydroxyl groups excluding tert-OH is 3. The fraction of sp³-hybridized carbons (Fsp3) is 0.462. The van der Waals surface area contributed by atoms with E-state index in [0.717, 1.165) is 6.26 Å². The SMILES string of the molecule is Nc1ncnc2c1ncn2[C@]1(N)O[C@H](CCC=CO)[C@@H](O)[C@H]1O. The second kappa shape index (κ2) is 5.74. The molecular formula is C13H18N6O4. The second-order valence-corrected chi connectivity index (χ2v) is 5.35. The molecule has 10 nitrogen and oxygen atoms in total. The van der Waals surface area contributed by atoms with Crippen molar-refractivity contribution in [1.82, 2.24) is 19.5 Å². The zero-order valence-corrected chi connectivity index (χ0v) is 12.1. The third kappa shape index (κ3) is 2.41. The van der Waals surface area contributed by atoms with Crippen LogP contribution in [0.1, 0.15) is 12.8 Å². The highest BCUT2D eigenvalue weighted by Gasteiger charge is 2.53. The third-order valence-corrected chi connectivity index (χ3v) is 3.93. The summed E-state index contributed by atoms with van der Waals surface area (Å²) in [6, 6.07) is 0. The Morgan fingerprint density at radius 2 is 2.13 bits per heavy atom. The first-order chi connectivity index (χ1) is 11.0. The number of hydrogen-bond acceptors (Lipinski definition) is 9. The van der Waals surface area contributed by atoms with Crippen molar-refractivity contribution in [3.05, 3.63) is 25.0 Å². The minimum Gasteiger partial charge on any atom is -0.516 e. The van der Waals surface area contributed by atoms with Crippen LogP contribution in [-0.4, -0.2) is 53.2 Å². The summed E-state index contributed by atoms with van der Waals surface area (Å²) in [6.07, 6.45) is 2.56. The van der Waals surface area contributed by atoms with Gasteiger partial charge in [-0.2, -0.15) is 0 Å². The van der Waals surface area contributed by atoms with Gasteiger partial charge < -0.3 is 25.8 Å². The molecule has 23 heavy (non-hydrogen) atoms. The molecule has 124 valence electrons. The average molecular weight is 322 g/mol. The molecule has 2 aromatic rings. The highest BCUT2D eigenvalue weighted by molar-refractivity contribution is 5.81. The van der Waals surface area contributed by atoms with E-state index in [2.05, 4.69) is 15.0 Å². The quantitative estimate of drug-likeness (QED) is 0.441. The molecule has 0 aliphatic carbocycles. The number of allylic oxidation sites excluding steroid dienone is 1. The second-order valence-electron chi connectivity index (χ2n) is 5.35. The lowest BCUT2D eigenvalue weighted by Gasteiger charge is -2.28. The highest BCUT2D eigenvalue weighted by Crippen LogP contribution is 2.35. The number of anilines is 1. The van der Waals surface area contributed by atoms with E-state index in [0.29, 0.717) is 24.0 Å². The van der Waals surface area contributed by atoms with E-state index in [9.17, 15) is 10.2 Å². The molecule has 1 fully saturated rings. The number of nitrogens with zero attached hydrogens (tertiary/aromatic N) is 4. The molecule has 2 aromatic heterocycles. The fourth-order valence-electron chi connectivity index (χ4n) is 2.70. The van der Waals surface area contributed by atoms with Gasteiger partial charge in [0.05, 0.1) is 12.4 Å². The minimum atomic E-state index is -1.73. The summed E-state index contributed by atoms with van der Waals surface area (Å²) in [6.45, 7) is 0. The van der Waals surface area contributed by atoms with Gasteiger partial charge in [-0.25, -0.2) is 15.0 Å². The molecule has 1 aliphatic heterocycles. The summed E-state index contributed by atoms with van der Waals surface area (Å²) < 4.78 is 7.03. The van der Waals surface area contributed by atoms with Gasteiger partial charge in [0.1, 0.15) is 30.4 Å². The smallest absolute Gasteiger partial charge is 0.231 e. The summed E-state index contributed by atoms with van der Waals surface area (Å²) in [5.41, 5.74) is 12.5. The topological polar surface area (TPSA) is 166 Å². The molecule has 10 heteroatoms. The van der Waals surface area contributed by atoms with Crippen molar-refractivity contribution in [3.8, 4) is 0 Å². The van der Waals surface area contributed by atoms with Crippen LogP contribution in [0, 0.1) is 0 Å². The Bertz CT molecular complexity index is 734. The molecular weight excluding hydrogens is 304 g/mol. The zero-order valence-electron chi connectivity index (χ0n) is 12.1. The largest absolute Gasteiger partial charge is 0.516 e. The molecule has 1 saturated heterocycles. The van der Waals surface area contributed by atoms with E-state index in [4.69, 9.17) is 21.3 Å². The molecule has 0 amide bonds. The molecule has 1 aliphatic rings. The van der Waals surface area contributed by atoms with Crippen LogP contribution in [0.15, 0.2) is 25.0 Å². The lowest BCUT2D eigenvalue weighted by atomic mass is 10.0. The number of imidazole rings is 1. The number of aromatic nitrogens is 4. The van der Waals surface area contributed by atoms with Crippen LogP contribution < -0.4 is 11.5 Å². The number of rotatable bonds is 4. The van der Waals surface area contributed by atoms with Gasteiger partial charge >= 0.3 is 0 Å². The number of fused-ring (bicyclic) bond motifs is 1. The van der Waals surface area contributed by atoms with Crippen molar-refractivity contribution in [2.75, 3.05) is 5.73 Å². The molecule has 0 bridgehead atoms. The Balaban J connectivity index is 1.95. The van der Waals surface area contributed by atoms with Crippen LogP contribution in [0.5, 0.6) is 0 Å². The van der Waals surface area contributed by atoms with Gasteiger partial charge in [-0.15, -0.1) is 0 Å². The maximum Gasteiger partial charge on any atom is 0.231 e. The van der Waals surface area contributed by atoms with Gasteiger partial charge in [0.2, 0.25) is 5.85 Å². The molecule has 0 unspecified atom stereocenters. The maximum atomic E-state index is 10.4. The van der Waals surface area contributed by atoms with Gasteiger partial charge in [-0.05, 0) is 12.8 Å². The van der Waals surface area contributed by atoms with Crippen molar-refractivity contribution in [2.24, 2.45) is 5.73 Å². The molecule has 0 radical (unpaired) electrons. The summed E-state index contributed by atoms with van der Waals surface area (Å²) >= 11 is 0. The van der Waals surface area contributed by atoms with Gasteiger partial charge in [-0.3, -0.25) is 10.3 Å². The van der Waals surface area contributed by atoms with Crippen molar-refractivity contribution >= 4 is 17.0 Å². The van der Waals surface area contributed by atoms with Crippen molar-refractivity contribution in [3.63, 3.8) is 0 Å². The molecule has 0 aromatic carbocycles. The average Bonchev–Trinajstić information content (AvgIpc) is 3.06. The Morgan fingerprint density at radius 1 is 1.35 bits per heavy atom. The predicted octanol–water partition coefficient (Wildman–Crippen LogP) is -1.05. The number of nitrogens with two attached hydrogens (primary N) is 2. The number of hydrogen-bond donors (Lipinski definition) is 5. The van der Waals surface area contributed by atoms with Crippen molar-refractivity contribution < 1.29 is 20.1 Å². The minimum absolute atomic E-state index is 0.176. The van der Waals surface area contributed by atoms with Crippen LogP contribution in [0.3, 0.4) is 0 Å². The molecule has 7 N–H and O–H groups in total. The van der Waals surface area contributed by atoms with Crippen LogP contribution in [0.25, 0.3) is 11.2 Å². The standard InChI is InChI=1S/C13H18N6O4/c14-11-8-12(17-5-16-11)19(6-18-8)13(15)10(22)9(21)7(23-13)3-1-2-4-20/h2,4-7,9-10,20-22H,1,3,15H2,(H2,14,16,17)/t7-,9-,10-,13+/m1/s1. The molecule has 0 saturated carbocycles. The summed E-state index contributed by atoms with van der Waals surface area (Å²) in [4.78, 5) is 12.0. The number of ether oxygens (including phenoxy) is 1. The Morgan fingerprint density at radius 3 is 2.87 bits per heavy atom. The summed E-state index contributed by atoms with van der Waals surface area (Å²) in [7, 11) is 0. The van der Waals surface area contributed by atoms with E-state index in [1.165, 1.54) is 23.3 Å². The Labute approximate surface area is 131 Å². The fourth-order valence-corrected chi connectivity index (χ4v) is 2.70. The number of aliphatic hydroxyl groups is 3. The van der Waals surface area contributed by atoms with E-state index in [1.807, 2.05) is 0 Å². The maximum absolute atomic E-state index is 10.4. The van der Waals surface area contributed by atoms with E-state index >= 15 is 0 Å². The summed E-state index contributed by atoms with van der Waals surface area (Å²) in [5.74, 6) is -1.56. The van der Waals surface area contributed by atoms with Gasteiger partial charge in [-0.1, -0.05) is 6.08 Å². The Kier molecular flexibility index (Phi) is 3.90. The molecule has 3 heterocycles. The monoisotopic (exact) mass is 322 g/mol. The van der Waals surface area contributed by atoms with Crippen LogP contribution >= 0.6 is 0 Å². The normalized spacial score (nSPS) is 31.3. The first kappa shape index (κ1) is 15.6. The Hall–Kier alpha value is -2.27. The first-order valence-electron chi connectivity index (χ1n) is 7.05. The van der Waals surface area contributed by atoms with E-state index in [-0.39, 0.29) is 5.82 Å². The van der Waals surface area contributed by atoms with Crippen molar-refractivity contribution in [2.45, 2.75) is 37.0 Å². The predicted molar refractivity (Wildman–Crippen MR) is 79.8 cm³/mol. The molecule has 4 atom stereocenters. The van der Waals surface area contributed by atoms with Crippen LogP contribution in [-0.2, 0) is 10.6 Å². The first-order valence-corrected chi connectivity index (χ1v) is 7.05. The van der Waals surface area contributed by atoms with Gasteiger partial charge in [0, 0.05) is 0 Å².